The fourth-order valence-electron chi connectivity index (χ4n) is 1.54. The zero-order valence-corrected chi connectivity index (χ0v) is 9.99. The number of aromatic nitrogens is 2. The lowest BCUT2D eigenvalue weighted by molar-refractivity contribution is 0.174. The number of hydrogen-bond acceptors (Lipinski definition) is 6. The predicted octanol–water partition coefficient (Wildman–Crippen LogP) is 2.58. The first-order chi connectivity index (χ1) is 8.36. The van der Waals surface area contributed by atoms with Gasteiger partial charge in [-0.2, -0.15) is 0 Å². The third kappa shape index (κ3) is 1.95. The summed E-state index contributed by atoms with van der Waals surface area (Å²) in [6, 6.07) is 5.56. The van der Waals surface area contributed by atoms with Crippen molar-refractivity contribution in [2.45, 2.75) is 12.1 Å². The van der Waals surface area contributed by atoms with Gasteiger partial charge < -0.3 is 13.9 Å². The van der Waals surface area contributed by atoms with Crippen LogP contribution < -0.4 is 9.47 Å². The molecule has 0 N–H and O–H groups in total. The first-order valence-corrected chi connectivity index (χ1v) is 6.21. The number of hydrogen-bond donors (Lipinski definition) is 0. The second-order valence-corrected chi connectivity index (χ2v) is 4.59. The van der Waals surface area contributed by atoms with E-state index in [4.69, 9.17) is 13.9 Å². The summed E-state index contributed by atoms with van der Waals surface area (Å²) >= 11 is 1.52. The van der Waals surface area contributed by atoms with Crippen molar-refractivity contribution in [3.05, 3.63) is 18.2 Å². The van der Waals surface area contributed by atoms with Crippen LogP contribution in [0, 0.1) is 0 Å². The Bertz CT molecular complexity index is 541. The van der Waals surface area contributed by atoms with Crippen molar-refractivity contribution < 1.29 is 13.9 Å². The van der Waals surface area contributed by atoms with E-state index in [1.165, 1.54) is 11.8 Å². The average molecular weight is 250 g/mol. The van der Waals surface area contributed by atoms with Crippen LogP contribution in [0.5, 0.6) is 11.5 Å². The highest BCUT2D eigenvalue weighted by molar-refractivity contribution is 7.99. The zero-order valence-electron chi connectivity index (χ0n) is 9.17. The normalized spacial score (nSPS) is 13.0. The second kappa shape index (κ2) is 4.29. The van der Waals surface area contributed by atoms with E-state index in [2.05, 4.69) is 10.2 Å². The maximum Gasteiger partial charge on any atom is 0.276 e. The Kier molecular flexibility index (Phi) is 2.64. The Morgan fingerprint density at radius 1 is 1.24 bits per heavy atom. The van der Waals surface area contributed by atoms with Crippen molar-refractivity contribution in [1.82, 2.24) is 10.2 Å². The van der Waals surface area contributed by atoms with Gasteiger partial charge in [-0.1, -0.05) is 18.7 Å². The zero-order chi connectivity index (χ0) is 11.7. The van der Waals surface area contributed by atoms with Gasteiger partial charge in [0.05, 0.1) is 0 Å². The van der Waals surface area contributed by atoms with E-state index in [1.807, 2.05) is 25.1 Å². The van der Waals surface area contributed by atoms with Crippen LogP contribution in [0.15, 0.2) is 27.8 Å². The van der Waals surface area contributed by atoms with Crippen molar-refractivity contribution in [2.24, 2.45) is 0 Å². The highest BCUT2D eigenvalue weighted by Crippen LogP contribution is 2.35. The van der Waals surface area contributed by atoms with Gasteiger partial charge in [0, 0.05) is 5.56 Å². The Morgan fingerprint density at radius 2 is 2.12 bits per heavy atom. The van der Waals surface area contributed by atoms with E-state index in [0.29, 0.717) is 16.9 Å². The Morgan fingerprint density at radius 3 is 3.00 bits per heavy atom. The second-order valence-electron chi connectivity index (χ2n) is 3.37. The molecule has 1 aliphatic rings. The molecule has 0 radical (unpaired) electrons. The Balaban J connectivity index is 1.92. The molecule has 5 nitrogen and oxygen atoms in total. The fourth-order valence-corrected chi connectivity index (χ4v) is 2.02. The molecule has 0 atom stereocenters. The van der Waals surface area contributed by atoms with Gasteiger partial charge >= 0.3 is 0 Å². The lowest BCUT2D eigenvalue weighted by Gasteiger charge is -1.97. The fraction of sp³-hybridized carbons (Fsp3) is 0.273. The summed E-state index contributed by atoms with van der Waals surface area (Å²) in [7, 11) is 0. The van der Waals surface area contributed by atoms with Crippen LogP contribution in [0.25, 0.3) is 11.5 Å². The highest BCUT2D eigenvalue weighted by Gasteiger charge is 2.16. The summed E-state index contributed by atoms with van der Waals surface area (Å²) in [5.74, 6) is 2.86. The molecule has 88 valence electrons. The summed E-state index contributed by atoms with van der Waals surface area (Å²) in [4.78, 5) is 0. The summed E-state index contributed by atoms with van der Waals surface area (Å²) in [6.45, 7) is 2.30. The molecule has 0 aliphatic carbocycles. The number of fused-ring (bicyclic) bond motifs is 1. The number of ether oxygens (including phenoxy) is 2. The molecular weight excluding hydrogens is 240 g/mol. The lowest BCUT2D eigenvalue weighted by atomic mass is 10.2. The van der Waals surface area contributed by atoms with Gasteiger partial charge in [-0.25, -0.2) is 0 Å². The first kappa shape index (κ1) is 10.5. The standard InChI is InChI=1S/C11H10N2O3S/c1-2-17-11-13-12-10(16-11)7-3-4-8-9(5-7)15-6-14-8/h3-5H,2,6H2,1H3. The molecule has 0 fully saturated rings. The molecule has 0 spiro atoms. The van der Waals surface area contributed by atoms with Crippen LogP contribution in [0.3, 0.4) is 0 Å². The minimum atomic E-state index is 0.263. The van der Waals surface area contributed by atoms with E-state index in [0.717, 1.165) is 17.1 Å². The van der Waals surface area contributed by atoms with Crippen molar-refractivity contribution in [1.29, 1.82) is 0 Å². The largest absolute Gasteiger partial charge is 0.454 e. The van der Waals surface area contributed by atoms with Crippen molar-refractivity contribution in [2.75, 3.05) is 12.5 Å². The molecule has 17 heavy (non-hydrogen) atoms. The van der Waals surface area contributed by atoms with Crippen LogP contribution >= 0.6 is 11.8 Å². The first-order valence-electron chi connectivity index (χ1n) is 5.23. The molecule has 2 heterocycles. The van der Waals surface area contributed by atoms with Crippen LogP contribution in [0.4, 0.5) is 0 Å². The van der Waals surface area contributed by atoms with Crippen LogP contribution in [-0.4, -0.2) is 22.7 Å². The van der Waals surface area contributed by atoms with Crippen molar-refractivity contribution in [3.63, 3.8) is 0 Å². The SMILES string of the molecule is CCSc1nnc(-c2ccc3c(c2)OCO3)o1. The van der Waals surface area contributed by atoms with E-state index in [-0.39, 0.29) is 6.79 Å². The molecule has 1 aromatic heterocycles. The van der Waals surface area contributed by atoms with E-state index < -0.39 is 0 Å². The van der Waals surface area contributed by atoms with Gasteiger partial charge in [0.15, 0.2) is 11.5 Å². The number of benzene rings is 1. The minimum absolute atomic E-state index is 0.263. The van der Waals surface area contributed by atoms with Crippen molar-refractivity contribution >= 4 is 11.8 Å². The maximum atomic E-state index is 5.51. The number of thioether (sulfide) groups is 1. The van der Waals surface area contributed by atoms with E-state index >= 15 is 0 Å². The summed E-state index contributed by atoms with van der Waals surface area (Å²) in [5.41, 5.74) is 0.838. The molecule has 0 unspecified atom stereocenters. The molecule has 1 aromatic carbocycles. The number of nitrogens with zero attached hydrogens (tertiary/aromatic N) is 2. The summed E-state index contributed by atoms with van der Waals surface area (Å²) in [6.07, 6.45) is 0. The molecule has 0 amide bonds. The molecule has 0 saturated heterocycles. The van der Waals surface area contributed by atoms with Crippen LogP contribution in [0.2, 0.25) is 0 Å². The van der Waals surface area contributed by atoms with Gasteiger partial charge in [-0.15, -0.1) is 10.2 Å². The molecule has 0 saturated carbocycles. The van der Waals surface area contributed by atoms with Gasteiger partial charge in [0.1, 0.15) is 0 Å². The van der Waals surface area contributed by atoms with E-state index in [1.54, 1.807) is 0 Å². The lowest BCUT2D eigenvalue weighted by Crippen LogP contribution is -1.92. The van der Waals surface area contributed by atoms with E-state index in [9.17, 15) is 0 Å². The topological polar surface area (TPSA) is 57.4 Å². The maximum absolute atomic E-state index is 5.51. The Labute approximate surface area is 102 Å². The predicted molar refractivity (Wildman–Crippen MR) is 62.3 cm³/mol. The molecular formula is C11H10N2O3S. The van der Waals surface area contributed by atoms with Gasteiger partial charge in [-0.3, -0.25) is 0 Å². The monoisotopic (exact) mass is 250 g/mol. The third-order valence-corrected chi connectivity index (χ3v) is 2.99. The third-order valence-electron chi connectivity index (χ3n) is 2.29. The van der Waals surface area contributed by atoms with Gasteiger partial charge in [-0.05, 0) is 24.0 Å². The molecule has 0 bridgehead atoms. The van der Waals surface area contributed by atoms with Gasteiger partial charge in [0.2, 0.25) is 12.7 Å². The van der Waals surface area contributed by atoms with Crippen molar-refractivity contribution in [3.8, 4) is 23.0 Å². The minimum Gasteiger partial charge on any atom is -0.454 e. The molecule has 6 heteroatoms. The molecule has 2 aromatic rings. The number of rotatable bonds is 3. The summed E-state index contributed by atoms with van der Waals surface area (Å²) < 4.78 is 16.1. The molecule has 1 aliphatic heterocycles. The van der Waals surface area contributed by atoms with Crippen LogP contribution in [-0.2, 0) is 0 Å². The highest BCUT2D eigenvalue weighted by atomic mass is 32.2. The average Bonchev–Trinajstić information content (AvgIpc) is 2.96. The van der Waals surface area contributed by atoms with Gasteiger partial charge in [0.25, 0.3) is 5.22 Å². The van der Waals surface area contributed by atoms with Crippen LogP contribution in [0.1, 0.15) is 6.92 Å². The molecule has 3 rings (SSSR count). The Hall–Kier alpha value is -1.69. The summed E-state index contributed by atoms with van der Waals surface area (Å²) in [5, 5.41) is 8.53. The quantitative estimate of drug-likeness (QED) is 0.780. The smallest absolute Gasteiger partial charge is 0.276 e.